The number of nitrogens with one attached hydrogen (secondary N) is 2. The number of fused-ring (bicyclic) bond motifs is 1. The first-order valence-electron chi connectivity index (χ1n) is 10.9. The molecule has 0 saturated heterocycles. The predicted octanol–water partition coefficient (Wildman–Crippen LogP) is 5.80. The number of nitrogens with zero attached hydrogens (tertiary/aromatic N) is 2. The number of nitro groups is 1. The number of rotatable bonds is 5. The van der Waals surface area contributed by atoms with E-state index in [2.05, 4.69) is 15.6 Å². The Morgan fingerprint density at radius 3 is 2.68 bits per heavy atom. The molecule has 2 aromatic heterocycles. The molecule has 3 aromatic carbocycles. The number of non-ortho nitro benzene ring substituents is 1. The van der Waals surface area contributed by atoms with Crippen LogP contribution in [0, 0.1) is 17.0 Å². The molecule has 0 saturated carbocycles. The normalized spacial score (nSPS) is 10.8. The van der Waals surface area contributed by atoms with E-state index in [1.54, 1.807) is 18.2 Å². The van der Waals surface area contributed by atoms with E-state index in [0.717, 1.165) is 5.56 Å². The van der Waals surface area contributed by atoms with Gasteiger partial charge in [0.15, 0.2) is 16.5 Å². The van der Waals surface area contributed by atoms with Crippen molar-refractivity contribution in [3.8, 4) is 28.5 Å². The van der Waals surface area contributed by atoms with Crippen LogP contribution in [-0.2, 0) is 0 Å². The fourth-order valence-corrected chi connectivity index (χ4v) is 3.86. The molecular weight excluding hydrogens is 496 g/mol. The third-order valence-corrected chi connectivity index (χ3v) is 5.63. The number of nitro benzene ring substituents is 1. The number of aryl methyl sites for hydroxylation is 1. The van der Waals surface area contributed by atoms with E-state index < -0.39 is 10.8 Å². The van der Waals surface area contributed by atoms with Crippen molar-refractivity contribution in [2.75, 3.05) is 5.32 Å². The lowest BCUT2D eigenvalue weighted by molar-refractivity contribution is -0.384. The average Bonchev–Trinajstić information content (AvgIpc) is 3.51. The van der Waals surface area contributed by atoms with Crippen molar-refractivity contribution in [3.05, 3.63) is 94.2 Å². The second-order valence-corrected chi connectivity index (χ2v) is 8.51. The molecule has 0 aliphatic rings. The Balaban J connectivity index is 1.25. The SMILES string of the molecule is Cc1ccc2nc(-c3ccc(NC(=S)NC(=O)c4ccc(-c5cccc([N+](=O)[O-])c5)o4)cc3O)oc2c1. The van der Waals surface area contributed by atoms with Gasteiger partial charge in [-0.25, -0.2) is 4.98 Å². The second kappa shape index (κ2) is 9.55. The fraction of sp³-hybridized carbons (Fsp3) is 0.0385. The minimum atomic E-state index is -0.614. The minimum absolute atomic E-state index is 0.0252. The first-order valence-corrected chi connectivity index (χ1v) is 11.4. The standard InChI is InChI=1S/C26H18N4O6S/c1-14-5-8-19-23(11-14)36-25(28-19)18-7-6-16(13-20(18)31)27-26(37)29-24(32)22-10-9-21(35-22)15-3-2-4-17(12-15)30(33)34/h2-13,31H,1H3,(H2,27,29,32,37). The number of aromatic hydroxyl groups is 1. The highest BCUT2D eigenvalue weighted by molar-refractivity contribution is 7.80. The number of hydrogen-bond acceptors (Lipinski definition) is 8. The van der Waals surface area contributed by atoms with Gasteiger partial charge in [-0.3, -0.25) is 20.2 Å². The van der Waals surface area contributed by atoms with Crippen LogP contribution in [0.15, 0.2) is 81.6 Å². The van der Waals surface area contributed by atoms with Crippen LogP contribution >= 0.6 is 12.2 Å². The molecule has 11 heteroatoms. The molecule has 10 nitrogen and oxygen atoms in total. The van der Waals surface area contributed by atoms with E-state index in [1.807, 2.05) is 25.1 Å². The summed E-state index contributed by atoms with van der Waals surface area (Å²) in [4.78, 5) is 27.5. The van der Waals surface area contributed by atoms with Crippen molar-refractivity contribution < 1.29 is 23.7 Å². The average molecular weight is 515 g/mol. The summed E-state index contributed by atoms with van der Waals surface area (Å²) in [6.45, 7) is 1.95. The Bertz CT molecular complexity index is 1690. The van der Waals surface area contributed by atoms with Gasteiger partial charge in [0.1, 0.15) is 17.0 Å². The van der Waals surface area contributed by atoms with Crippen LogP contribution in [0.4, 0.5) is 11.4 Å². The third kappa shape index (κ3) is 5.02. The van der Waals surface area contributed by atoms with Gasteiger partial charge in [-0.2, -0.15) is 0 Å². The molecule has 0 radical (unpaired) electrons. The first-order chi connectivity index (χ1) is 17.8. The quantitative estimate of drug-likeness (QED) is 0.150. The Morgan fingerprint density at radius 1 is 1.05 bits per heavy atom. The number of aromatic nitrogens is 1. The minimum Gasteiger partial charge on any atom is -0.507 e. The molecule has 0 spiro atoms. The summed E-state index contributed by atoms with van der Waals surface area (Å²) in [5.41, 5.74) is 3.52. The third-order valence-electron chi connectivity index (χ3n) is 5.43. The number of benzene rings is 3. The van der Waals surface area contributed by atoms with Crippen molar-refractivity contribution in [1.82, 2.24) is 10.3 Å². The number of hydrogen-bond donors (Lipinski definition) is 3. The highest BCUT2D eigenvalue weighted by atomic mass is 32.1. The number of phenolic OH excluding ortho intramolecular Hbond substituents is 1. The highest BCUT2D eigenvalue weighted by Crippen LogP contribution is 2.33. The van der Waals surface area contributed by atoms with Gasteiger partial charge in [0.05, 0.1) is 10.5 Å². The molecule has 0 bridgehead atoms. The summed E-state index contributed by atoms with van der Waals surface area (Å²) in [7, 11) is 0. The molecule has 0 aliphatic carbocycles. The van der Waals surface area contributed by atoms with Gasteiger partial charge in [-0.1, -0.05) is 18.2 Å². The van der Waals surface area contributed by atoms with Gasteiger partial charge in [-0.05, 0) is 61.1 Å². The van der Waals surface area contributed by atoms with Gasteiger partial charge < -0.3 is 19.3 Å². The summed E-state index contributed by atoms with van der Waals surface area (Å²) < 4.78 is 11.3. The van der Waals surface area contributed by atoms with E-state index in [1.165, 1.54) is 36.4 Å². The van der Waals surface area contributed by atoms with Gasteiger partial charge in [0.25, 0.3) is 11.6 Å². The van der Waals surface area contributed by atoms with Gasteiger partial charge in [-0.15, -0.1) is 0 Å². The lowest BCUT2D eigenvalue weighted by atomic mass is 10.1. The molecule has 3 N–H and O–H groups in total. The van der Waals surface area contributed by atoms with Crippen LogP contribution in [0.25, 0.3) is 33.9 Å². The maximum absolute atomic E-state index is 12.6. The zero-order valence-corrected chi connectivity index (χ0v) is 20.0. The van der Waals surface area contributed by atoms with Crippen LogP contribution in [0.1, 0.15) is 16.1 Å². The molecule has 37 heavy (non-hydrogen) atoms. The molecule has 0 unspecified atom stereocenters. The number of carbonyl (C=O) groups excluding carboxylic acids is 1. The van der Waals surface area contributed by atoms with Crippen molar-refractivity contribution in [2.45, 2.75) is 6.92 Å². The molecule has 0 fully saturated rings. The van der Waals surface area contributed by atoms with Crippen molar-refractivity contribution in [1.29, 1.82) is 0 Å². The zero-order chi connectivity index (χ0) is 26.1. The number of thiocarbonyl (C=S) groups is 1. The summed E-state index contributed by atoms with van der Waals surface area (Å²) in [5.74, 6) is -0.164. The van der Waals surface area contributed by atoms with Crippen LogP contribution in [0.3, 0.4) is 0 Å². The number of carbonyl (C=O) groups is 1. The fourth-order valence-electron chi connectivity index (χ4n) is 3.65. The molecule has 0 atom stereocenters. The number of furan rings is 1. The number of phenols is 1. The molecule has 184 valence electrons. The van der Waals surface area contributed by atoms with E-state index in [0.29, 0.717) is 33.7 Å². The summed E-state index contributed by atoms with van der Waals surface area (Å²) >= 11 is 5.21. The van der Waals surface area contributed by atoms with Crippen LogP contribution < -0.4 is 10.6 Å². The summed E-state index contributed by atoms with van der Waals surface area (Å²) in [5, 5.41) is 26.8. The molecule has 5 aromatic rings. The highest BCUT2D eigenvalue weighted by Gasteiger charge is 2.17. The van der Waals surface area contributed by atoms with Crippen LogP contribution in [0.2, 0.25) is 0 Å². The van der Waals surface area contributed by atoms with Crippen LogP contribution in [0.5, 0.6) is 5.75 Å². The Morgan fingerprint density at radius 2 is 1.89 bits per heavy atom. The van der Waals surface area contributed by atoms with E-state index in [-0.39, 0.29) is 28.2 Å². The first kappa shape index (κ1) is 23.7. The topological polar surface area (TPSA) is 144 Å². The molecule has 2 heterocycles. The lowest BCUT2D eigenvalue weighted by Gasteiger charge is -2.10. The number of amides is 1. The monoisotopic (exact) mass is 514 g/mol. The van der Waals surface area contributed by atoms with Crippen molar-refractivity contribution in [2.24, 2.45) is 0 Å². The zero-order valence-electron chi connectivity index (χ0n) is 19.2. The van der Waals surface area contributed by atoms with Crippen molar-refractivity contribution in [3.63, 3.8) is 0 Å². The molecule has 0 aliphatic heterocycles. The Kier molecular flexibility index (Phi) is 6.12. The number of oxazole rings is 1. The largest absolute Gasteiger partial charge is 0.507 e. The number of anilines is 1. The second-order valence-electron chi connectivity index (χ2n) is 8.10. The van der Waals surface area contributed by atoms with E-state index in [4.69, 9.17) is 21.1 Å². The van der Waals surface area contributed by atoms with Crippen molar-refractivity contribution >= 4 is 45.7 Å². The summed E-state index contributed by atoms with van der Waals surface area (Å²) in [6, 6.07) is 19.2. The molecular formula is C26H18N4O6S. The molecule has 1 amide bonds. The summed E-state index contributed by atoms with van der Waals surface area (Å²) in [6.07, 6.45) is 0. The van der Waals surface area contributed by atoms with E-state index >= 15 is 0 Å². The smallest absolute Gasteiger partial charge is 0.293 e. The maximum atomic E-state index is 12.6. The molecule has 5 rings (SSSR count). The van der Waals surface area contributed by atoms with Gasteiger partial charge in [0.2, 0.25) is 5.89 Å². The lowest BCUT2D eigenvalue weighted by Crippen LogP contribution is -2.33. The predicted molar refractivity (Wildman–Crippen MR) is 140 cm³/mol. The Hall–Kier alpha value is -5.03. The van der Waals surface area contributed by atoms with Crippen LogP contribution in [-0.4, -0.2) is 26.0 Å². The van der Waals surface area contributed by atoms with Gasteiger partial charge >= 0.3 is 0 Å². The maximum Gasteiger partial charge on any atom is 0.293 e. The van der Waals surface area contributed by atoms with Gasteiger partial charge in [0, 0.05) is 29.4 Å². The Labute approximate surface area is 214 Å². The van der Waals surface area contributed by atoms with E-state index in [9.17, 15) is 20.0 Å².